The van der Waals surface area contributed by atoms with Crippen LogP contribution in [0.5, 0.6) is 0 Å². The maximum absolute atomic E-state index is 12.0. The molecule has 0 aromatic rings. The average molecular weight is 340 g/mol. The van der Waals surface area contributed by atoms with E-state index in [1.807, 2.05) is 0 Å². The average Bonchev–Trinajstić information content (AvgIpc) is 2.50. The van der Waals surface area contributed by atoms with E-state index in [-0.39, 0.29) is 39.6 Å². The van der Waals surface area contributed by atoms with Gasteiger partial charge in [0.25, 0.3) is 0 Å². The van der Waals surface area contributed by atoms with Gasteiger partial charge in [0.1, 0.15) is 0 Å². The lowest BCUT2D eigenvalue weighted by Gasteiger charge is -2.41. The first-order valence-corrected chi connectivity index (χ1v) is 9.16. The van der Waals surface area contributed by atoms with Crippen LogP contribution in [0.2, 0.25) is 0 Å². The molecule has 0 unspecified atom stereocenters. The van der Waals surface area contributed by atoms with Gasteiger partial charge in [-0.2, -0.15) is 0 Å². The largest absolute Gasteiger partial charge is 0.475 e. The molecule has 2 aliphatic rings. The number of phosphoric acid groups is 2. The molecule has 2 saturated heterocycles. The lowest BCUT2D eigenvalue weighted by atomic mass is 9.93. The van der Waals surface area contributed by atoms with Crippen molar-refractivity contribution in [2.24, 2.45) is 5.41 Å². The normalized spacial score (nSPS) is 40.0. The van der Waals surface area contributed by atoms with E-state index in [1.165, 1.54) is 12.2 Å². The fraction of sp³-hybridized carbons (Fsp3) is 0.636. The zero-order valence-corrected chi connectivity index (χ0v) is 13.3. The molecule has 8 nitrogen and oxygen atoms in total. The first-order chi connectivity index (χ1) is 9.95. The van der Waals surface area contributed by atoms with E-state index in [0.717, 1.165) is 0 Å². The van der Waals surface area contributed by atoms with Crippen LogP contribution in [0.3, 0.4) is 0 Å². The lowest BCUT2D eigenvalue weighted by molar-refractivity contribution is -0.0938. The summed E-state index contributed by atoms with van der Waals surface area (Å²) >= 11 is 0. The summed E-state index contributed by atoms with van der Waals surface area (Å²) in [6.45, 7) is 7.19. The minimum atomic E-state index is -3.57. The summed E-state index contributed by atoms with van der Waals surface area (Å²) in [5.74, 6) is 0. The Morgan fingerprint density at radius 3 is 1.48 bits per heavy atom. The highest BCUT2D eigenvalue weighted by Crippen LogP contribution is 2.59. The smallest absolute Gasteiger partial charge is 0.286 e. The van der Waals surface area contributed by atoms with E-state index in [0.29, 0.717) is 0 Å². The third kappa shape index (κ3) is 4.34. The SMILES string of the molecule is C=CCOP1(=O)OCC2(CO1)COP(=O)(OCC=C)OC2. The van der Waals surface area contributed by atoms with Gasteiger partial charge in [-0.15, -0.1) is 13.2 Å². The van der Waals surface area contributed by atoms with Crippen LogP contribution in [-0.4, -0.2) is 39.6 Å². The molecule has 0 amide bonds. The zero-order valence-electron chi connectivity index (χ0n) is 11.5. The molecular weight excluding hydrogens is 322 g/mol. The molecule has 0 saturated carbocycles. The Bertz CT molecular complexity index is 419. The van der Waals surface area contributed by atoms with Crippen molar-refractivity contribution in [2.45, 2.75) is 0 Å². The molecule has 10 heteroatoms. The second-order valence-corrected chi connectivity index (χ2v) is 8.00. The number of hydrogen-bond acceptors (Lipinski definition) is 8. The molecule has 2 fully saturated rings. The molecule has 2 aliphatic heterocycles. The van der Waals surface area contributed by atoms with Crippen LogP contribution in [0.25, 0.3) is 0 Å². The van der Waals surface area contributed by atoms with Crippen molar-refractivity contribution in [2.75, 3.05) is 39.6 Å². The summed E-state index contributed by atoms with van der Waals surface area (Å²) in [4.78, 5) is 0. The molecule has 0 bridgehead atoms. The fourth-order valence-corrected chi connectivity index (χ4v) is 4.38. The summed E-state index contributed by atoms with van der Waals surface area (Å²) < 4.78 is 54.6. The summed E-state index contributed by atoms with van der Waals surface area (Å²) in [6, 6.07) is 0. The van der Waals surface area contributed by atoms with E-state index in [9.17, 15) is 9.13 Å². The van der Waals surface area contributed by atoms with Crippen molar-refractivity contribution in [1.82, 2.24) is 0 Å². The quantitative estimate of drug-likeness (QED) is 0.538. The van der Waals surface area contributed by atoms with Gasteiger partial charge in [0, 0.05) is 0 Å². The monoisotopic (exact) mass is 340 g/mol. The molecule has 0 N–H and O–H groups in total. The van der Waals surface area contributed by atoms with Crippen LogP contribution >= 0.6 is 15.6 Å². The van der Waals surface area contributed by atoms with Crippen LogP contribution in [0.4, 0.5) is 0 Å². The van der Waals surface area contributed by atoms with Crippen LogP contribution < -0.4 is 0 Å². The topological polar surface area (TPSA) is 89.5 Å². The lowest BCUT2D eigenvalue weighted by Crippen LogP contribution is -2.45. The Morgan fingerprint density at radius 2 is 1.19 bits per heavy atom. The molecule has 120 valence electrons. The highest BCUT2D eigenvalue weighted by Gasteiger charge is 2.49. The molecule has 0 aliphatic carbocycles. The fourth-order valence-electron chi connectivity index (χ4n) is 1.63. The van der Waals surface area contributed by atoms with E-state index in [1.54, 1.807) is 0 Å². The molecule has 0 atom stereocenters. The van der Waals surface area contributed by atoms with Crippen LogP contribution in [-0.2, 0) is 36.3 Å². The van der Waals surface area contributed by atoms with Gasteiger partial charge in [0.2, 0.25) is 0 Å². The van der Waals surface area contributed by atoms with Gasteiger partial charge in [-0.25, -0.2) is 9.13 Å². The van der Waals surface area contributed by atoms with E-state index < -0.39 is 21.1 Å². The zero-order chi connectivity index (χ0) is 15.4. The standard InChI is InChI=1S/C11H18O8P2/c1-3-5-14-20(12)16-7-11(8-17-20)9-18-21(13,19-10-11)15-6-4-2/h3-4H,1-2,5-10H2. The highest BCUT2D eigenvalue weighted by molar-refractivity contribution is 7.48. The van der Waals surface area contributed by atoms with Gasteiger partial charge < -0.3 is 0 Å². The minimum Gasteiger partial charge on any atom is -0.286 e. The van der Waals surface area contributed by atoms with Crippen molar-refractivity contribution in [1.29, 1.82) is 0 Å². The predicted molar refractivity (Wildman–Crippen MR) is 73.8 cm³/mol. The maximum Gasteiger partial charge on any atom is 0.475 e. The molecule has 0 aromatic carbocycles. The van der Waals surface area contributed by atoms with Crippen LogP contribution in [0.1, 0.15) is 0 Å². The minimum absolute atomic E-state index is 0.0445. The molecule has 1 spiro atoms. The Hall–Kier alpha value is -0.300. The molecular formula is C11H18O8P2. The highest BCUT2D eigenvalue weighted by atomic mass is 31.2. The van der Waals surface area contributed by atoms with E-state index in [4.69, 9.17) is 27.1 Å². The summed E-state index contributed by atoms with van der Waals surface area (Å²) in [7, 11) is -7.14. The molecule has 2 heterocycles. The van der Waals surface area contributed by atoms with Gasteiger partial charge >= 0.3 is 15.6 Å². The first kappa shape index (κ1) is 17.1. The summed E-state index contributed by atoms with van der Waals surface area (Å²) in [6.07, 6.45) is 2.88. The van der Waals surface area contributed by atoms with Gasteiger partial charge in [-0.3, -0.25) is 27.1 Å². The predicted octanol–water partition coefficient (Wildman–Crippen LogP) is 2.69. The van der Waals surface area contributed by atoms with Crippen molar-refractivity contribution in [3.8, 4) is 0 Å². The maximum atomic E-state index is 12.0. The molecule has 0 aromatic heterocycles. The Labute approximate surface area is 123 Å². The molecule has 2 rings (SSSR count). The van der Waals surface area contributed by atoms with Crippen molar-refractivity contribution < 1.29 is 36.3 Å². The molecule has 21 heavy (non-hydrogen) atoms. The number of hydrogen-bond donors (Lipinski definition) is 0. The van der Waals surface area contributed by atoms with Crippen molar-refractivity contribution in [3.05, 3.63) is 25.3 Å². The Morgan fingerprint density at radius 1 is 0.857 bits per heavy atom. The Balaban J connectivity index is 1.88. The van der Waals surface area contributed by atoms with Gasteiger partial charge in [-0.05, 0) is 0 Å². The van der Waals surface area contributed by atoms with Crippen molar-refractivity contribution in [3.63, 3.8) is 0 Å². The van der Waals surface area contributed by atoms with Crippen molar-refractivity contribution >= 4 is 15.6 Å². The third-order valence-corrected chi connectivity index (χ3v) is 5.53. The molecule has 0 radical (unpaired) electrons. The second-order valence-electron chi connectivity index (χ2n) is 4.66. The number of rotatable bonds is 6. The number of phosphoric ester groups is 2. The van der Waals surface area contributed by atoms with E-state index >= 15 is 0 Å². The van der Waals surface area contributed by atoms with Gasteiger partial charge in [0.05, 0.1) is 45.1 Å². The van der Waals surface area contributed by atoms with Gasteiger partial charge in [0.15, 0.2) is 0 Å². The van der Waals surface area contributed by atoms with Gasteiger partial charge in [-0.1, -0.05) is 12.2 Å². The Kier molecular flexibility index (Phi) is 5.57. The van der Waals surface area contributed by atoms with Crippen LogP contribution in [0, 0.1) is 5.41 Å². The van der Waals surface area contributed by atoms with Crippen LogP contribution in [0.15, 0.2) is 25.3 Å². The third-order valence-electron chi connectivity index (χ3n) is 2.82. The first-order valence-electron chi connectivity index (χ1n) is 6.24. The van der Waals surface area contributed by atoms with E-state index in [2.05, 4.69) is 13.2 Å². The summed E-state index contributed by atoms with van der Waals surface area (Å²) in [5.41, 5.74) is -0.684. The summed E-state index contributed by atoms with van der Waals surface area (Å²) in [5, 5.41) is 0. The second kappa shape index (κ2) is 6.86.